The smallest absolute Gasteiger partial charge is 0.270 e. The van der Waals surface area contributed by atoms with Crippen molar-refractivity contribution in [3.05, 3.63) is 53.0 Å². The summed E-state index contributed by atoms with van der Waals surface area (Å²) >= 11 is 0. The van der Waals surface area contributed by atoms with Crippen LogP contribution in [0.5, 0.6) is 0 Å². The molecule has 0 saturated heterocycles. The van der Waals surface area contributed by atoms with Gasteiger partial charge in [-0.25, -0.2) is 12.7 Å². The van der Waals surface area contributed by atoms with Gasteiger partial charge in [0.15, 0.2) is 0 Å². The number of carbonyl (C=O) groups excluding carboxylic acids is 1. The summed E-state index contributed by atoms with van der Waals surface area (Å²) < 4.78 is 31.0. The van der Waals surface area contributed by atoms with Gasteiger partial charge in [0.2, 0.25) is 0 Å². The van der Waals surface area contributed by atoms with Crippen LogP contribution in [0, 0.1) is 20.8 Å². The fourth-order valence-electron chi connectivity index (χ4n) is 2.39. The predicted octanol–water partition coefficient (Wildman–Crippen LogP) is 2.67. The Labute approximate surface area is 124 Å². The number of rotatable bonds is 3. The average Bonchev–Trinajstić information content (AvgIpc) is 2.89. The van der Waals surface area contributed by atoms with Crippen molar-refractivity contribution in [1.82, 2.24) is 4.31 Å². The lowest BCUT2D eigenvalue weighted by molar-refractivity contribution is 0.0882. The Morgan fingerprint density at radius 1 is 1.14 bits per heavy atom. The molecule has 1 aromatic carbocycles. The number of amides is 1. The summed E-state index contributed by atoms with van der Waals surface area (Å²) in [6.45, 7) is 5.35. The van der Waals surface area contributed by atoms with Crippen LogP contribution in [0.4, 0.5) is 0 Å². The summed E-state index contributed by atoms with van der Waals surface area (Å²) in [5.74, 6) is -0.622. The van der Waals surface area contributed by atoms with Gasteiger partial charge in [-0.15, -0.1) is 0 Å². The van der Waals surface area contributed by atoms with E-state index in [1.807, 2.05) is 6.92 Å². The molecule has 0 spiro atoms. The van der Waals surface area contributed by atoms with Crippen molar-refractivity contribution >= 4 is 15.9 Å². The molecule has 0 aliphatic heterocycles. The number of furan rings is 1. The van der Waals surface area contributed by atoms with Crippen LogP contribution < -0.4 is 0 Å². The first-order chi connectivity index (χ1) is 9.75. The number of nitrogens with zero attached hydrogens (tertiary/aromatic N) is 1. The maximum absolute atomic E-state index is 12.7. The number of aryl methyl sites for hydroxylation is 3. The Morgan fingerprint density at radius 2 is 1.71 bits per heavy atom. The first-order valence-corrected chi connectivity index (χ1v) is 7.82. The maximum Gasteiger partial charge on any atom is 0.270 e. The molecule has 112 valence electrons. The zero-order valence-corrected chi connectivity index (χ0v) is 13.2. The van der Waals surface area contributed by atoms with Crippen LogP contribution in [0.25, 0.3) is 0 Å². The summed E-state index contributed by atoms with van der Waals surface area (Å²) in [5, 5.41) is 0. The first kappa shape index (κ1) is 15.3. The van der Waals surface area contributed by atoms with E-state index < -0.39 is 15.9 Å². The van der Waals surface area contributed by atoms with Crippen LogP contribution in [-0.2, 0) is 10.0 Å². The van der Waals surface area contributed by atoms with E-state index in [2.05, 4.69) is 0 Å². The van der Waals surface area contributed by atoms with Crippen LogP contribution in [-0.4, -0.2) is 25.7 Å². The van der Waals surface area contributed by atoms with Gasteiger partial charge in [0.05, 0.1) is 16.7 Å². The van der Waals surface area contributed by atoms with Gasteiger partial charge < -0.3 is 4.42 Å². The fraction of sp³-hybridized carbons (Fsp3) is 0.267. The number of carbonyl (C=O) groups is 1. The second-order valence-corrected chi connectivity index (χ2v) is 6.92. The average molecular weight is 307 g/mol. The molecule has 1 amide bonds. The standard InChI is InChI=1S/C15H17NO4S/c1-10-7-11(2)14(12(3)8-10)21(18,19)16(4)15(17)13-5-6-20-9-13/h5-9H,1-4H3. The topological polar surface area (TPSA) is 67.6 Å². The quantitative estimate of drug-likeness (QED) is 0.874. The van der Waals surface area contributed by atoms with Gasteiger partial charge in [-0.05, 0) is 38.0 Å². The Balaban J connectivity index is 2.50. The van der Waals surface area contributed by atoms with Gasteiger partial charge in [0.1, 0.15) is 6.26 Å². The second kappa shape index (κ2) is 5.37. The molecule has 5 nitrogen and oxygen atoms in total. The van der Waals surface area contributed by atoms with Crippen LogP contribution >= 0.6 is 0 Å². The number of sulfonamides is 1. The van der Waals surface area contributed by atoms with E-state index in [-0.39, 0.29) is 10.5 Å². The largest absolute Gasteiger partial charge is 0.472 e. The molecule has 1 heterocycles. The molecule has 6 heteroatoms. The van der Waals surface area contributed by atoms with Crippen molar-refractivity contribution in [2.45, 2.75) is 25.7 Å². The van der Waals surface area contributed by atoms with E-state index in [0.717, 1.165) is 9.87 Å². The monoisotopic (exact) mass is 307 g/mol. The minimum absolute atomic E-state index is 0.174. The number of benzene rings is 1. The molecule has 21 heavy (non-hydrogen) atoms. The van der Waals surface area contributed by atoms with E-state index in [9.17, 15) is 13.2 Å². The summed E-state index contributed by atoms with van der Waals surface area (Å²) in [5.41, 5.74) is 2.43. The van der Waals surface area contributed by atoms with E-state index in [4.69, 9.17) is 4.42 Å². The molecule has 2 rings (SSSR count). The molecular formula is C15H17NO4S. The lowest BCUT2D eigenvalue weighted by atomic mass is 10.1. The lowest BCUT2D eigenvalue weighted by Crippen LogP contribution is -2.33. The SMILES string of the molecule is Cc1cc(C)c(S(=O)(=O)N(C)C(=O)c2ccoc2)c(C)c1. The predicted molar refractivity (Wildman–Crippen MR) is 78.6 cm³/mol. The van der Waals surface area contributed by atoms with E-state index in [0.29, 0.717) is 11.1 Å². The fourth-order valence-corrected chi connectivity index (χ4v) is 3.92. The number of hydrogen-bond acceptors (Lipinski definition) is 4. The molecule has 0 saturated carbocycles. The first-order valence-electron chi connectivity index (χ1n) is 6.38. The Morgan fingerprint density at radius 3 is 2.19 bits per heavy atom. The zero-order valence-electron chi connectivity index (χ0n) is 12.4. The third-order valence-corrected chi connectivity index (χ3v) is 5.32. The normalized spacial score (nSPS) is 11.4. The van der Waals surface area contributed by atoms with Gasteiger partial charge in [0, 0.05) is 7.05 Å². The Kier molecular flexibility index (Phi) is 3.91. The van der Waals surface area contributed by atoms with Crippen LogP contribution in [0.15, 0.2) is 40.0 Å². The van der Waals surface area contributed by atoms with Gasteiger partial charge in [-0.2, -0.15) is 0 Å². The van der Waals surface area contributed by atoms with Crippen molar-refractivity contribution in [3.63, 3.8) is 0 Å². The van der Waals surface area contributed by atoms with Crippen molar-refractivity contribution in [3.8, 4) is 0 Å². The zero-order chi connectivity index (χ0) is 15.8. The molecule has 0 bridgehead atoms. The van der Waals surface area contributed by atoms with Crippen LogP contribution in [0.3, 0.4) is 0 Å². The highest BCUT2D eigenvalue weighted by molar-refractivity contribution is 7.89. The molecule has 0 fully saturated rings. The van der Waals surface area contributed by atoms with Crippen molar-refractivity contribution in [1.29, 1.82) is 0 Å². The van der Waals surface area contributed by atoms with Gasteiger partial charge in [-0.1, -0.05) is 17.7 Å². The summed E-state index contributed by atoms with van der Waals surface area (Å²) in [6.07, 6.45) is 2.55. The highest BCUT2D eigenvalue weighted by Gasteiger charge is 2.29. The van der Waals surface area contributed by atoms with Gasteiger partial charge in [-0.3, -0.25) is 4.79 Å². The molecule has 0 aliphatic carbocycles. The molecular weight excluding hydrogens is 290 g/mol. The van der Waals surface area contributed by atoms with E-state index in [1.165, 1.54) is 25.6 Å². The van der Waals surface area contributed by atoms with Crippen LogP contribution in [0.1, 0.15) is 27.0 Å². The van der Waals surface area contributed by atoms with Crippen molar-refractivity contribution in [2.75, 3.05) is 7.05 Å². The van der Waals surface area contributed by atoms with Gasteiger partial charge >= 0.3 is 0 Å². The Hall–Kier alpha value is -2.08. The van der Waals surface area contributed by atoms with Crippen molar-refractivity contribution in [2.24, 2.45) is 0 Å². The third-order valence-electron chi connectivity index (χ3n) is 3.28. The maximum atomic E-state index is 12.7. The molecule has 0 N–H and O–H groups in total. The van der Waals surface area contributed by atoms with Crippen molar-refractivity contribution < 1.29 is 17.6 Å². The molecule has 0 unspecified atom stereocenters. The van der Waals surface area contributed by atoms with E-state index in [1.54, 1.807) is 26.0 Å². The molecule has 0 radical (unpaired) electrons. The minimum Gasteiger partial charge on any atom is -0.472 e. The second-order valence-electron chi connectivity index (χ2n) is 5.02. The highest BCUT2D eigenvalue weighted by Crippen LogP contribution is 2.25. The molecule has 0 atom stereocenters. The minimum atomic E-state index is -3.90. The molecule has 2 aromatic rings. The summed E-state index contributed by atoms with van der Waals surface area (Å²) in [4.78, 5) is 12.4. The van der Waals surface area contributed by atoms with Crippen LogP contribution in [0.2, 0.25) is 0 Å². The molecule has 0 aliphatic rings. The lowest BCUT2D eigenvalue weighted by Gasteiger charge is -2.20. The summed E-state index contributed by atoms with van der Waals surface area (Å²) in [6, 6.07) is 5.01. The molecule has 1 aromatic heterocycles. The highest BCUT2D eigenvalue weighted by atomic mass is 32.2. The van der Waals surface area contributed by atoms with E-state index >= 15 is 0 Å². The third kappa shape index (κ3) is 2.71. The number of hydrogen-bond donors (Lipinski definition) is 0. The Bertz CT molecular complexity index is 753. The summed E-state index contributed by atoms with van der Waals surface area (Å²) in [7, 11) is -2.65. The van der Waals surface area contributed by atoms with Gasteiger partial charge in [0.25, 0.3) is 15.9 Å².